The lowest BCUT2D eigenvalue weighted by Crippen LogP contribution is -2.59. The molecule has 2 aromatic rings. The Kier molecular flexibility index (Phi) is 7.54. The van der Waals surface area contributed by atoms with E-state index < -0.39 is 35.1 Å². The van der Waals surface area contributed by atoms with Gasteiger partial charge in [-0.2, -0.15) is 0 Å². The number of likely N-dealkylation sites (N-methyl/N-ethyl adjacent to an activating group) is 1. The van der Waals surface area contributed by atoms with Crippen molar-refractivity contribution in [1.82, 2.24) is 29.7 Å². The molecule has 41 heavy (non-hydrogen) atoms. The molecule has 1 aromatic heterocycles. The fourth-order valence-corrected chi connectivity index (χ4v) is 7.39. The van der Waals surface area contributed by atoms with Crippen molar-refractivity contribution in [3.63, 3.8) is 0 Å². The fraction of sp³-hybridized carbons (Fsp3) is 0.567. The number of hydrogen-bond acceptors (Lipinski definition) is 7. The van der Waals surface area contributed by atoms with Crippen molar-refractivity contribution in [2.24, 2.45) is 17.8 Å². The van der Waals surface area contributed by atoms with Gasteiger partial charge in [0.2, 0.25) is 17.7 Å². The molecule has 11 nitrogen and oxygen atoms in total. The molecule has 3 unspecified atom stereocenters. The smallest absolute Gasteiger partial charge is 0.250 e. The number of amides is 3. The standard InChI is InChI=1S/C30H40N6O5/c1-7-14-33(6)26(38)23-24-27(39)36(20(9-3)17-37)25(30(24)16-19(4)29(23,5)41-30)28(40)34(15-8-2)18-35-22-13-11-10-12-21(22)31-32-35/h7-8,10-13,19-20,23-25,37H,1-2,9,14-18H2,3-6H3/t19?,20-,23-,24-,25?,29+,30?/m0/s1. The molecule has 7 atom stereocenters. The normalized spacial score (nSPS) is 30.9. The molecular formula is C30H40N6O5. The highest BCUT2D eigenvalue weighted by molar-refractivity contribution is 5.99. The molecule has 2 bridgehead atoms. The Hall–Kier alpha value is -3.57. The number of fused-ring (bicyclic) bond motifs is 2. The molecule has 1 N–H and O–H groups in total. The van der Waals surface area contributed by atoms with Gasteiger partial charge in [-0.15, -0.1) is 18.3 Å². The number of aromatic nitrogens is 3. The second kappa shape index (κ2) is 10.7. The molecule has 5 rings (SSSR count). The molecule has 0 radical (unpaired) electrons. The summed E-state index contributed by atoms with van der Waals surface area (Å²) in [5, 5.41) is 18.8. The topological polar surface area (TPSA) is 121 Å². The van der Waals surface area contributed by atoms with Crippen molar-refractivity contribution < 1.29 is 24.2 Å². The average Bonchev–Trinajstić information content (AvgIpc) is 3.62. The molecule has 1 spiro atoms. The molecule has 3 amide bonds. The van der Waals surface area contributed by atoms with Gasteiger partial charge in [0, 0.05) is 20.1 Å². The Morgan fingerprint density at radius 1 is 1.24 bits per heavy atom. The average molecular weight is 565 g/mol. The first-order valence-electron chi connectivity index (χ1n) is 14.3. The van der Waals surface area contributed by atoms with Gasteiger partial charge in [-0.3, -0.25) is 14.4 Å². The summed E-state index contributed by atoms with van der Waals surface area (Å²) in [6.45, 7) is 13.7. The maximum absolute atomic E-state index is 14.7. The van der Waals surface area contributed by atoms with Crippen LogP contribution in [0.5, 0.6) is 0 Å². The van der Waals surface area contributed by atoms with Crippen molar-refractivity contribution in [2.45, 2.75) is 63.6 Å². The summed E-state index contributed by atoms with van der Waals surface area (Å²) in [5.41, 5.74) is -0.680. The van der Waals surface area contributed by atoms with E-state index in [2.05, 4.69) is 23.5 Å². The SMILES string of the molecule is C=CCN(C)C(=O)[C@@H]1[C@H]2C(=O)N([C@@H](CC)CO)C(C(=O)N(CC=C)Cn3nnc4ccccc43)C23CC(C)[C@@]1(C)O3. The van der Waals surface area contributed by atoms with E-state index in [9.17, 15) is 19.5 Å². The van der Waals surface area contributed by atoms with Gasteiger partial charge in [-0.1, -0.05) is 43.3 Å². The van der Waals surface area contributed by atoms with Crippen LogP contribution in [0, 0.1) is 17.8 Å². The van der Waals surface area contributed by atoms with Gasteiger partial charge in [0.1, 0.15) is 23.8 Å². The van der Waals surface area contributed by atoms with E-state index in [1.54, 1.807) is 33.7 Å². The van der Waals surface area contributed by atoms with Gasteiger partial charge in [0.05, 0.1) is 35.6 Å². The van der Waals surface area contributed by atoms with Gasteiger partial charge in [-0.05, 0) is 37.8 Å². The number of ether oxygens (including phenoxy) is 1. The molecule has 3 aliphatic rings. The van der Waals surface area contributed by atoms with Crippen molar-refractivity contribution in [1.29, 1.82) is 0 Å². The number of hydrogen-bond donors (Lipinski definition) is 1. The fourth-order valence-electron chi connectivity index (χ4n) is 7.39. The zero-order valence-electron chi connectivity index (χ0n) is 24.3. The summed E-state index contributed by atoms with van der Waals surface area (Å²) in [6.07, 6.45) is 4.15. The quantitative estimate of drug-likeness (QED) is 0.414. The van der Waals surface area contributed by atoms with Crippen molar-refractivity contribution in [3.05, 3.63) is 49.6 Å². The number of carbonyl (C=O) groups is 3. The minimum atomic E-state index is -1.22. The van der Waals surface area contributed by atoms with Gasteiger partial charge in [0.25, 0.3) is 0 Å². The molecule has 11 heteroatoms. The summed E-state index contributed by atoms with van der Waals surface area (Å²) in [7, 11) is 1.69. The van der Waals surface area contributed by atoms with E-state index in [1.807, 2.05) is 45.0 Å². The van der Waals surface area contributed by atoms with Crippen LogP contribution in [0.4, 0.5) is 0 Å². The number of para-hydroxylation sites is 1. The molecule has 220 valence electrons. The van der Waals surface area contributed by atoms with Crippen LogP contribution >= 0.6 is 0 Å². The molecule has 3 saturated heterocycles. The van der Waals surface area contributed by atoms with Crippen molar-refractivity contribution in [2.75, 3.05) is 26.7 Å². The van der Waals surface area contributed by atoms with Crippen LogP contribution in [0.3, 0.4) is 0 Å². The molecule has 3 aliphatic heterocycles. The first-order valence-corrected chi connectivity index (χ1v) is 14.3. The number of rotatable bonds is 11. The first-order chi connectivity index (χ1) is 19.6. The summed E-state index contributed by atoms with van der Waals surface area (Å²) in [4.78, 5) is 47.6. The van der Waals surface area contributed by atoms with Crippen LogP contribution in [0.1, 0.15) is 33.6 Å². The lowest BCUT2D eigenvalue weighted by Gasteiger charge is -2.39. The highest BCUT2D eigenvalue weighted by Gasteiger charge is 2.80. The summed E-state index contributed by atoms with van der Waals surface area (Å²) in [6, 6.07) is 5.84. The molecule has 4 heterocycles. The lowest BCUT2D eigenvalue weighted by molar-refractivity contribution is -0.158. The minimum Gasteiger partial charge on any atom is -0.394 e. The van der Waals surface area contributed by atoms with Gasteiger partial charge < -0.3 is 24.5 Å². The third-order valence-corrected chi connectivity index (χ3v) is 9.49. The Balaban J connectivity index is 1.60. The van der Waals surface area contributed by atoms with Crippen LogP contribution < -0.4 is 0 Å². The van der Waals surface area contributed by atoms with Crippen LogP contribution in [0.15, 0.2) is 49.6 Å². The Labute approximate surface area is 240 Å². The van der Waals surface area contributed by atoms with Gasteiger partial charge in [-0.25, -0.2) is 4.68 Å². The predicted molar refractivity (Wildman–Crippen MR) is 152 cm³/mol. The van der Waals surface area contributed by atoms with Crippen molar-refractivity contribution in [3.8, 4) is 0 Å². The lowest BCUT2D eigenvalue weighted by atomic mass is 9.62. The third-order valence-electron chi connectivity index (χ3n) is 9.49. The number of aliphatic hydroxyl groups excluding tert-OH is 1. The number of nitrogens with zero attached hydrogens (tertiary/aromatic N) is 6. The monoisotopic (exact) mass is 564 g/mol. The number of likely N-dealkylation sites (tertiary alicyclic amines) is 1. The van der Waals surface area contributed by atoms with Crippen LogP contribution in [0.2, 0.25) is 0 Å². The molecule has 3 fully saturated rings. The molecule has 0 saturated carbocycles. The van der Waals surface area contributed by atoms with E-state index in [4.69, 9.17) is 4.74 Å². The largest absolute Gasteiger partial charge is 0.394 e. The van der Waals surface area contributed by atoms with Crippen LogP contribution in [0.25, 0.3) is 11.0 Å². The number of carbonyl (C=O) groups excluding carboxylic acids is 3. The zero-order chi connectivity index (χ0) is 29.7. The summed E-state index contributed by atoms with van der Waals surface area (Å²) < 4.78 is 8.47. The number of benzene rings is 1. The maximum atomic E-state index is 14.7. The first kappa shape index (κ1) is 28.9. The predicted octanol–water partition coefficient (Wildman–Crippen LogP) is 1.83. The van der Waals surface area contributed by atoms with E-state index in [1.165, 1.54) is 4.90 Å². The second-order valence-electron chi connectivity index (χ2n) is 11.8. The maximum Gasteiger partial charge on any atom is 0.250 e. The highest BCUT2D eigenvalue weighted by atomic mass is 16.5. The van der Waals surface area contributed by atoms with Crippen LogP contribution in [-0.4, -0.2) is 103 Å². The summed E-state index contributed by atoms with van der Waals surface area (Å²) in [5.74, 6) is -2.58. The molecule has 1 aromatic carbocycles. The Bertz CT molecular complexity index is 1370. The van der Waals surface area contributed by atoms with E-state index in [0.717, 1.165) is 5.52 Å². The number of aliphatic hydroxyl groups is 1. The second-order valence-corrected chi connectivity index (χ2v) is 11.8. The van der Waals surface area contributed by atoms with Crippen molar-refractivity contribution >= 4 is 28.8 Å². The minimum absolute atomic E-state index is 0.0812. The van der Waals surface area contributed by atoms with E-state index in [0.29, 0.717) is 24.9 Å². The Morgan fingerprint density at radius 3 is 2.61 bits per heavy atom. The molecule has 0 aliphatic carbocycles. The molecular weight excluding hydrogens is 524 g/mol. The summed E-state index contributed by atoms with van der Waals surface area (Å²) >= 11 is 0. The Morgan fingerprint density at radius 2 is 1.95 bits per heavy atom. The van der Waals surface area contributed by atoms with Crippen LogP contribution in [-0.2, 0) is 25.8 Å². The third kappa shape index (κ3) is 4.20. The highest BCUT2D eigenvalue weighted by Crippen LogP contribution is 2.65. The van der Waals surface area contributed by atoms with Gasteiger partial charge >= 0.3 is 0 Å². The van der Waals surface area contributed by atoms with E-state index >= 15 is 0 Å². The zero-order valence-corrected chi connectivity index (χ0v) is 24.3. The van der Waals surface area contributed by atoms with Gasteiger partial charge in [0.15, 0.2) is 0 Å². The van der Waals surface area contributed by atoms with E-state index in [-0.39, 0.29) is 43.5 Å².